The molecular weight excluding hydrogens is 250 g/mol. The molecule has 4 rings (SSSR count). The van der Waals surface area contributed by atoms with Gasteiger partial charge in [0.25, 0.3) is 0 Å². The van der Waals surface area contributed by atoms with Gasteiger partial charge in [0.1, 0.15) is 0 Å². The van der Waals surface area contributed by atoms with Crippen LogP contribution < -0.4 is 0 Å². The summed E-state index contributed by atoms with van der Waals surface area (Å²) in [6, 6.07) is 17.3. The molecule has 0 spiro atoms. The number of aromatic amines is 1. The molecule has 0 bridgehead atoms. The highest BCUT2D eigenvalue weighted by Crippen LogP contribution is 2.33. The lowest BCUT2D eigenvalue weighted by Crippen LogP contribution is -1.97. The van der Waals surface area contributed by atoms with Gasteiger partial charge in [0.15, 0.2) is 0 Å². The Hall–Kier alpha value is -2.81. The normalized spacial score (nSPS) is 11.4. The van der Waals surface area contributed by atoms with Gasteiger partial charge in [0.2, 0.25) is 0 Å². The van der Waals surface area contributed by atoms with Crippen molar-refractivity contribution in [2.24, 2.45) is 0 Å². The average Bonchev–Trinajstić information content (AvgIpc) is 2.85. The first kappa shape index (κ1) is 11.1. The van der Waals surface area contributed by atoms with Crippen LogP contribution in [0.15, 0.2) is 54.6 Å². The fourth-order valence-corrected chi connectivity index (χ4v) is 2.86. The number of rotatable bonds is 1. The molecule has 0 saturated carbocycles. The molecule has 3 heteroatoms. The summed E-state index contributed by atoms with van der Waals surface area (Å²) in [7, 11) is 0. The van der Waals surface area contributed by atoms with Crippen LogP contribution in [0.2, 0.25) is 0 Å². The lowest BCUT2D eigenvalue weighted by Gasteiger charge is -2.04. The summed E-state index contributed by atoms with van der Waals surface area (Å²) in [5.41, 5.74) is 2.36. The van der Waals surface area contributed by atoms with Crippen LogP contribution in [-0.4, -0.2) is 16.1 Å². The molecule has 1 heterocycles. The molecule has 20 heavy (non-hydrogen) atoms. The van der Waals surface area contributed by atoms with E-state index >= 15 is 0 Å². The molecule has 0 aliphatic rings. The Bertz CT molecular complexity index is 982. The van der Waals surface area contributed by atoms with Crippen molar-refractivity contribution in [2.75, 3.05) is 0 Å². The van der Waals surface area contributed by atoms with Crippen molar-refractivity contribution in [1.82, 2.24) is 4.98 Å². The van der Waals surface area contributed by atoms with Crippen molar-refractivity contribution in [2.45, 2.75) is 0 Å². The van der Waals surface area contributed by atoms with Gasteiger partial charge in [-0.15, -0.1) is 0 Å². The van der Waals surface area contributed by atoms with Crippen LogP contribution in [0.5, 0.6) is 0 Å². The molecule has 0 unspecified atom stereocenters. The number of para-hydroxylation sites is 1. The second-order valence-electron chi connectivity index (χ2n) is 4.87. The summed E-state index contributed by atoms with van der Waals surface area (Å²) in [5, 5.41) is 13.2. The van der Waals surface area contributed by atoms with Crippen LogP contribution in [0.1, 0.15) is 10.4 Å². The van der Waals surface area contributed by atoms with E-state index < -0.39 is 5.97 Å². The van der Waals surface area contributed by atoms with E-state index in [1.54, 1.807) is 6.07 Å². The monoisotopic (exact) mass is 261 g/mol. The maximum absolute atomic E-state index is 11.5. The van der Waals surface area contributed by atoms with E-state index in [1.807, 2.05) is 48.5 Å². The predicted molar refractivity (Wildman–Crippen MR) is 80.3 cm³/mol. The van der Waals surface area contributed by atoms with Crippen molar-refractivity contribution in [3.05, 3.63) is 60.2 Å². The van der Waals surface area contributed by atoms with Crippen LogP contribution in [0, 0.1) is 0 Å². The van der Waals surface area contributed by atoms with Gasteiger partial charge in [-0.25, -0.2) is 4.79 Å². The van der Waals surface area contributed by atoms with E-state index in [4.69, 9.17) is 0 Å². The molecule has 0 amide bonds. The summed E-state index contributed by atoms with van der Waals surface area (Å²) in [5.74, 6) is -0.895. The zero-order chi connectivity index (χ0) is 13.7. The van der Waals surface area contributed by atoms with E-state index in [-0.39, 0.29) is 0 Å². The summed E-state index contributed by atoms with van der Waals surface area (Å²) < 4.78 is 0. The van der Waals surface area contributed by atoms with E-state index in [0.29, 0.717) is 5.56 Å². The van der Waals surface area contributed by atoms with Crippen LogP contribution in [0.25, 0.3) is 32.6 Å². The smallest absolute Gasteiger partial charge is 0.336 e. The van der Waals surface area contributed by atoms with Crippen molar-refractivity contribution in [3.8, 4) is 0 Å². The van der Waals surface area contributed by atoms with E-state index in [2.05, 4.69) is 4.98 Å². The standard InChI is InChI=1S/C17H11NO2/c19-17(20)14-9-13-11-6-3-4-8-15(11)18-16(13)12-7-2-1-5-10(12)14/h1-9,18H,(H,19,20). The topological polar surface area (TPSA) is 53.1 Å². The molecule has 4 aromatic rings. The lowest BCUT2D eigenvalue weighted by atomic mass is 10.0. The first-order chi connectivity index (χ1) is 9.75. The zero-order valence-electron chi connectivity index (χ0n) is 10.6. The Morgan fingerprint density at radius 1 is 0.850 bits per heavy atom. The average molecular weight is 261 g/mol. The fraction of sp³-hybridized carbons (Fsp3) is 0. The molecule has 0 fully saturated rings. The molecule has 2 N–H and O–H groups in total. The summed E-state index contributed by atoms with van der Waals surface area (Å²) in [6.07, 6.45) is 0. The second-order valence-corrected chi connectivity index (χ2v) is 4.87. The van der Waals surface area contributed by atoms with E-state index in [1.165, 1.54) is 0 Å². The maximum atomic E-state index is 11.5. The van der Waals surface area contributed by atoms with E-state index in [9.17, 15) is 9.90 Å². The third-order valence-corrected chi connectivity index (χ3v) is 3.75. The maximum Gasteiger partial charge on any atom is 0.336 e. The minimum absolute atomic E-state index is 0.345. The third kappa shape index (κ3) is 1.37. The number of aromatic carboxylic acids is 1. The van der Waals surface area contributed by atoms with Crippen molar-refractivity contribution in [3.63, 3.8) is 0 Å². The highest BCUT2D eigenvalue weighted by molar-refractivity contribution is 6.21. The number of carboxylic acid groups (broad SMARTS) is 1. The zero-order valence-corrected chi connectivity index (χ0v) is 10.6. The van der Waals surface area contributed by atoms with Gasteiger partial charge in [-0.05, 0) is 17.5 Å². The fourth-order valence-electron chi connectivity index (χ4n) is 2.86. The van der Waals surface area contributed by atoms with E-state index in [0.717, 1.165) is 32.6 Å². The first-order valence-corrected chi connectivity index (χ1v) is 6.41. The molecule has 96 valence electrons. The van der Waals surface area contributed by atoms with Gasteiger partial charge in [-0.2, -0.15) is 0 Å². The number of fused-ring (bicyclic) bond motifs is 5. The first-order valence-electron chi connectivity index (χ1n) is 6.41. The molecule has 3 aromatic carbocycles. The predicted octanol–water partition coefficient (Wildman–Crippen LogP) is 4.17. The molecule has 0 radical (unpaired) electrons. The number of carbonyl (C=O) groups is 1. The van der Waals surface area contributed by atoms with Gasteiger partial charge in [-0.1, -0.05) is 42.5 Å². The van der Waals surface area contributed by atoms with Crippen LogP contribution in [-0.2, 0) is 0 Å². The Kier molecular flexibility index (Phi) is 2.12. The van der Waals surface area contributed by atoms with Crippen LogP contribution >= 0.6 is 0 Å². The van der Waals surface area contributed by atoms with Crippen molar-refractivity contribution in [1.29, 1.82) is 0 Å². The van der Waals surface area contributed by atoms with Crippen LogP contribution in [0.4, 0.5) is 0 Å². The van der Waals surface area contributed by atoms with Crippen molar-refractivity contribution < 1.29 is 9.90 Å². The second kappa shape index (κ2) is 3.84. The minimum atomic E-state index is -0.895. The molecule has 0 atom stereocenters. The summed E-state index contributed by atoms with van der Waals surface area (Å²) in [4.78, 5) is 14.9. The van der Waals surface area contributed by atoms with Gasteiger partial charge in [0.05, 0.1) is 11.1 Å². The number of hydrogen-bond donors (Lipinski definition) is 2. The Balaban J connectivity index is 2.33. The molecule has 1 aromatic heterocycles. The molecular formula is C17H11NO2. The Labute approximate surface area is 114 Å². The summed E-state index contributed by atoms with van der Waals surface area (Å²) in [6.45, 7) is 0. The van der Waals surface area contributed by atoms with Gasteiger partial charge < -0.3 is 10.1 Å². The SMILES string of the molecule is O=C(O)c1cc2c3ccccc3[nH]c2c2ccccc12. The van der Waals surface area contributed by atoms with Gasteiger partial charge in [-0.3, -0.25) is 0 Å². The number of carboxylic acids is 1. The number of aromatic nitrogens is 1. The third-order valence-electron chi connectivity index (χ3n) is 3.75. The lowest BCUT2D eigenvalue weighted by molar-refractivity contribution is 0.0699. The van der Waals surface area contributed by atoms with Gasteiger partial charge in [0, 0.05) is 21.7 Å². The summed E-state index contributed by atoms with van der Waals surface area (Å²) >= 11 is 0. The minimum Gasteiger partial charge on any atom is -0.478 e. The molecule has 0 aliphatic carbocycles. The number of H-pyrrole nitrogens is 1. The highest BCUT2D eigenvalue weighted by atomic mass is 16.4. The quantitative estimate of drug-likeness (QED) is 0.540. The number of benzene rings is 3. The molecule has 0 saturated heterocycles. The van der Waals surface area contributed by atoms with Crippen molar-refractivity contribution >= 4 is 38.5 Å². The number of hydrogen-bond acceptors (Lipinski definition) is 1. The van der Waals surface area contributed by atoms with Crippen LogP contribution in [0.3, 0.4) is 0 Å². The largest absolute Gasteiger partial charge is 0.478 e. The molecule has 0 aliphatic heterocycles. The molecule has 3 nitrogen and oxygen atoms in total. The Morgan fingerprint density at radius 3 is 2.25 bits per heavy atom. The number of nitrogens with one attached hydrogen (secondary N) is 1. The Morgan fingerprint density at radius 2 is 1.50 bits per heavy atom. The van der Waals surface area contributed by atoms with Gasteiger partial charge >= 0.3 is 5.97 Å². The highest BCUT2D eigenvalue weighted by Gasteiger charge is 2.14.